The second kappa shape index (κ2) is 4.98. The lowest BCUT2D eigenvalue weighted by molar-refractivity contribution is -0.117. The first-order valence-electron chi connectivity index (χ1n) is 8.07. The number of aromatic nitrogens is 2. The fraction of sp³-hybridized carbons (Fsp3) is 0.562. The number of allylic oxidation sites excluding steroid dienone is 2. The van der Waals surface area contributed by atoms with E-state index in [1.165, 1.54) is 0 Å². The maximum Gasteiger partial charge on any atom is 0.183 e. The molecule has 1 aliphatic heterocycles. The van der Waals surface area contributed by atoms with Crippen molar-refractivity contribution in [2.45, 2.75) is 37.8 Å². The molecule has 4 rings (SSSR count). The summed E-state index contributed by atoms with van der Waals surface area (Å²) in [7, 11) is 3.71. The van der Waals surface area contributed by atoms with E-state index in [0.717, 1.165) is 29.8 Å². The predicted octanol–water partition coefficient (Wildman–Crippen LogP) is 1.48. The van der Waals surface area contributed by atoms with Gasteiger partial charge in [-0.2, -0.15) is 15.8 Å². The zero-order valence-corrected chi connectivity index (χ0v) is 13.9. The molecule has 0 fully saturated rings. The Balaban J connectivity index is 1.85. The van der Waals surface area contributed by atoms with Crippen LogP contribution >= 0.6 is 0 Å². The van der Waals surface area contributed by atoms with Gasteiger partial charge >= 0.3 is 0 Å². The second-order valence-corrected chi connectivity index (χ2v) is 6.91. The van der Waals surface area contributed by atoms with Crippen molar-refractivity contribution in [3.05, 3.63) is 28.6 Å². The van der Waals surface area contributed by atoms with E-state index in [9.17, 15) is 10.1 Å². The summed E-state index contributed by atoms with van der Waals surface area (Å²) in [4.78, 5) is 12.1. The number of nitrogens with zero attached hydrogens (tertiary/aromatic N) is 6. The molecule has 0 spiro atoms. The summed E-state index contributed by atoms with van der Waals surface area (Å²) < 4.78 is 1.85. The number of rotatable bonds is 1. The number of hydrogen-bond donors (Lipinski definition) is 1. The average molecular weight is 325 g/mol. The molecule has 0 bridgehead atoms. The number of carbonyl (C=O) groups excluding carboxylic acids is 1. The topological polar surface area (TPSA) is 98.7 Å². The molecule has 3 aliphatic rings. The number of nitriles is 1. The number of carbonyl (C=O) groups is 1. The Kier molecular flexibility index (Phi) is 3.12. The summed E-state index contributed by atoms with van der Waals surface area (Å²) in [6, 6.07) is 2.05. The first-order valence-corrected chi connectivity index (χ1v) is 8.07. The standard InChI is InChI=1S/C16H19N7O/c1-16-7-9(8-17)12(24)6-10(16)4-5-11-13(22(2)19-14(11)16)15-18-21-23(3)20-15/h7,10,15,20H,4-6H2,1-3H3. The number of ketones is 1. The molecule has 0 amide bonds. The van der Waals surface area contributed by atoms with Crippen LogP contribution < -0.4 is 5.43 Å². The summed E-state index contributed by atoms with van der Waals surface area (Å²) in [6.45, 7) is 2.09. The van der Waals surface area contributed by atoms with Crippen LogP contribution in [0.2, 0.25) is 0 Å². The summed E-state index contributed by atoms with van der Waals surface area (Å²) >= 11 is 0. The van der Waals surface area contributed by atoms with E-state index in [1.807, 2.05) is 23.9 Å². The minimum Gasteiger partial charge on any atom is -0.293 e. The molecule has 1 aromatic rings. The van der Waals surface area contributed by atoms with Gasteiger partial charge in [0.1, 0.15) is 6.07 Å². The predicted molar refractivity (Wildman–Crippen MR) is 84.2 cm³/mol. The molecule has 0 aromatic carbocycles. The molecule has 1 N–H and O–H groups in total. The van der Waals surface area contributed by atoms with Crippen molar-refractivity contribution in [2.24, 2.45) is 23.3 Å². The Hall–Kier alpha value is -2.53. The monoisotopic (exact) mass is 325 g/mol. The van der Waals surface area contributed by atoms with Gasteiger partial charge in [-0.05, 0) is 18.8 Å². The van der Waals surface area contributed by atoms with Gasteiger partial charge in [-0.1, -0.05) is 18.2 Å². The maximum atomic E-state index is 12.1. The van der Waals surface area contributed by atoms with Gasteiger partial charge < -0.3 is 0 Å². The first kappa shape index (κ1) is 15.0. The van der Waals surface area contributed by atoms with Gasteiger partial charge in [0.15, 0.2) is 11.9 Å². The number of nitrogens with one attached hydrogen (secondary N) is 1. The molecule has 8 nitrogen and oxygen atoms in total. The third-order valence-corrected chi connectivity index (χ3v) is 5.46. The summed E-state index contributed by atoms with van der Waals surface area (Å²) in [5, 5.41) is 23.9. The van der Waals surface area contributed by atoms with Crippen molar-refractivity contribution < 1.29 is 4.79 Å². The van der Waals surface area contributed by atoms with Crippen LogP contribution in [-0.4, -0.2) is 27.7 Å². The number of fused-ring (bicyclic) bond motifs is 3. The van der Waals surface area contributed by atoms with Crippen molar-refractivity contribution in [3.8, 4) is 6.07 Å². The van der Waals surface area contributed by atoms with Crippen LogP contribution in [-0.2, 0) is 23.7 Å². The maximum absolute atomic E-state index is 12.1. The zero-order valence-electron chi connectivity index (χ0n) is 13.9. The fourth-order valence-corrected chi connectivity index (χ4v) is 4.20. The zero-order chi connectivity index (χ0) is 17.1. The average Bonchev–Trinajstić information content (AvgIpc) is 3.10. The van der Waals surface area contributed by atoms with Crippen LogP contribution in [0, 0.1) is 17.2 Å². The summed E-state index contributed by atoms with van der Waals surface area (Å²) in [5.74, 6) is 0.144. The Labute approximate surface area is 139 Å². The van der Waals surface area contributed by atoms with Crippen LogP contribution in [0.1, 0.15) is 42.9 Å². The Morgan fingerprint density at radius 2 is 2.25 bits per heavy atom. The molecular weight excluding hydrogens is 306 g/mol. The van der Waals surface area contributed by atoms with E-state index in [-0.39, 0.29) is 28.9 Å². The van der Waals surface area contributed by atoms with Gasteiger partial charge in [0.05, 0.1) is 17.0 Å². The highest BCUT2D eigenvalue weighted by Gasteiger charge is 2.47. The molecule has 2 heterocycles. The largest absolute Gasteiger partial charge is 0.293 e. The highest BCUT2D eigenvalue weighted by molar-refractivity contribution is 6.00. The van der Waals surface area contributed by atoms with Crippen molar-refractivity contribution >= 4 is 5.78 Å². The molecular formula is C16H19N7O. The van der Waals surface area contributed by atoms with E-state index in [2.05, 4.69) is 22.7 Å². The number of aryl methyl sites for hydroxylation is 1. The van der Waals surface area contributed by atoms with Crippen LogP contribution in [0.15, 0.2) is 22.0 Å². The van der Waals surface area contributed by atoms with Gasteiger partial charge in [0, 0.05) is 31.5 Å². The highest BCUT2D eigenvalue weighted by atomic mass is 16.1. The third kappa shape index (κ3) is 1.94. The molecule has 0 saturated heterocycles. The molecule has 0 saturated carbocycles. The van der Waals surface area contributed by atoms with Crippen LogP contribution in [0.5, 0.6) is 0 Å². The number of hydrazine groups is 1. The molecule has 124 valence electrons. The van der Waals surface area contributed by atoms with E-state index in [1.54, 1.807) is 12.2 Å². The Morgan fingerprint density at radius 1 is 1.46 bits per heavy atom. The van der Waals surface area contributed by atoms with Gasteiger partial charge in [-0.15, -0.1) is 5.11 Å². The summed E-state index contributed by atoms with van der Waals surface area (Å²) in [6.07, 6.45) is 3.77. The van der Waals surface area contributed by atoms with E-state index in [0.29, 0.717) is 6.42 Å². The molecule has 8 heteroatoms. The van der Waals surface area contributed by atoms with Gasteiger partial charge in [-0.25, -0.2) is 5.12 Å². The second-order valence-electron chi connectivity index (χ2n) is 6.91. The molecule has 1 aromatic heterocycles. The van der Waals surface area contributed by atoms with E-state index in [4.69, 9.17) is 5.10 Å². The minimum atomic E-state index is -0.385. The SMILES string of the molecule is CN1N=NC(c2c3c(nn2C)C2(C)C=C(C#N)C(=O)CC2CC3)N1. The van der Waals surface area contributed by atoms with Gasteiger partial charge in [-0.3, -0.25) is 9.48 Å². The fourth-order valence-electron chi connectivity index (χ4n) is 4.20. The van der Waals surface area contributed by atoms with Crippen molar-refractivity contribution in [2.75, 3.05) is 7.05 Å². The Bertz CT molecular complexity index is 830. The first-order chi connectivity index (χ1) is 11.4. The lowest BCUT2D eigenvalue weighted by Crippen LogP contribution is -2.40. The lowest BCUT2D eigenvalue weighted by Gasteiger charge is -2.41. The van der Waals surface area contributed by atoms with Crippen molar-refractivity contribution in [1.82, 2.24) is 20.3 Å². The minimum absolute atomic E-state index is 0.0486. The summed E-state index contributed by atoms with van der Waals surface area (Å²) in [5.41, 5.74) is 6.17. The molecule has 2 aliphatic carbocycles. The van der Waals surface area contributed by atoms with Crippen molar-refractivity contribution in [1.29, 1.82) is 5.26 Å². The lowest BCUT2D eigenvalue weighted by atomic mass is 9.61. The molecule has 3 atom stereocenters. The molecule has 24 heavy (non-hydrogen) atoms. The smallest absolute Gasteiger partial charge is 0.183 e. The van der Waals surface area contributed by atoms with E-state index < -0.39 is 0 Å². The van der Waals surface area contributed by atoms with Crippen LogP contribution in [0.3, 0.4) is 0 Å². The Morgan fingerprint density at radius 3 is 2.92 bits per heavy atom. The number of Topliss-reactive ketones (excluding diaryl/α,β-unsaturated/α-hetero) is 1. The molecule has 3 unspecified atom stereocenters. The third-order valence-electron chi connectivity index (χ3n) is 5.46. The van der Waals surface area contributed by atoms with Crippen molar-refractivity contribution in [3.63, 3.8) is 0 Å². The van der Waals surface area contributed by atoms with E-state index >= 15 is 0 Å². The highest BCUT2D eigenvalue weighted by Crippen LogP contribution is 2.48. The number of hydrogen-bond acceptors (Lipinski definition) is 7. The molecule has 0 radical (unpaired) electrons. The van der Waals surface area contributed by atoms with Crippen LogP contribution in [0.25, 0.3) is 0 Å². The van der Waals surface area contributed by atoms with Gasteiger partial charge in [0.2, 0.25) is 0 Å². The van der Waals surface area contributed by atoms with Crippen LogP contribution in [0.4, 0.5) is 0 Å². The quantitative estimate of drug-likeness (QED) is 0.843. The van der Waals surface area contributed by atoms with Gasteiger partial charge in [0.25, 0.3) is 0 Å². The normalized spacial score (nSPS) is 31.5.